The summed E-state index contributed by atoms with van der Waals surface area (Å²) in [5.41, 5.74) is 2.52. The number of aliphatic hydroxyl groups excluding tert-OH is 1. The summed E-state index contributed by atoms with van der Waals surface area (Å²) in [5.74, 6) is 4.91. The fourth-order valence-corrected chi connectivity index (χ4v) is 8.08. The SMILES string of the molecule is CC(C)C=CC(C)C1CCC2C3CC=C4CC(O)CCC4(C)C3CCC12C. The van der Waals surface area contributed by atoms with E-state index >= 15 is 0 Å². The van der Waals surface area contributed by atoms with Crippen LogP contribution in [0.2, 0.25) is 0 Å². The van der Waals surface area contributed by atoms with Gasteiger partial charge in [-0.05, 0) is 97.7 Å². The van der Waals surface area contributed by atoms with Crippen LogP contribution < -0.4 is 0 Å². The Morgan fingerprint density at radius 2 is 1.78 bits per heavy atom. The molecule has 0 spiro atoms. The van der Waals surface area contributed by atoms with Crippen molar-refractivity contribution in [3.63, 3.8) is 0 Å². The van der Waals surface area contributed by atoms with E-state index in [-0.39, 0.29) is 6.10 Å². The second-order valence-electron chi connectivity index (χ2n) is 11.4. The van der Waals surface area contributed by atoms with Crippen LogP contribution in [-0.4, -0.2) is 11.2 Å². The highest BCUT2D eigenvalue weighted by Crippen LogP contribution is 2.67. The van der Waals surface area contributed by atoms with Crippen molar-refractivity contribution >= 4 is 0 Å². The fourth-order valence-electron chi connectivity index (χ4n) is 8.08. The molecule has 0 bridgehead atoms. The van der Waals surface area contributed by atoms with E-state index in [0.29, 0.717) is 22.7 Å². The van der Waals surface area contributed by atoms with Gasteiger partial charge in [0, 0.05) is 0 Å². The van der Waals surface area contributed by atoms with Gasteiger partial charge in [-0.25, -0.2) is 0 Å². The molecule has 0 amide bonds. The molecule has 0 aromatic rings. The van der Waals surface area contributed by atoms with E-state index in [4.69, 9.17) is 0 Å². The van der Waals surface area contributed by atoms with Gasteiger partial charge in [0.05, 0.1) is 6.10 Å². The zero-order valence-corrected chi connectivity index (χ0v) is 18.4. The monoisotopic (exact) mass is 370 g/mol. The first kappa shape index (κ1) is 19.7. The third-order valence-corrected chi connectivity index (χ3v) is 9.59. The van der Waals surface area contributed by atoms with Crippen LogP contribution in [0.15, 0.2) is 23.8 Å². The van der Waals surface area contributed by atoms with E-state index < -0.39 is 0 Å². The van der Waals surface area contributed by atoms with E-state index in [2.05, 4.69) is 52.8 Å². The lowest BCUT2D eigenvalue weighted by Crippen LogP contribution is -2.50. The Morgan fingerprint density at radius 3 is 2.52 bits per heavy atom. The van der Waals surface area contributed by atoms with Crippen molar-refractivity contribution < 1.29 is 5.11 Å². The second-order valence-corrected chi connectivity index (χ2v) is 11.4. The summed E-state index contributed by atoms with van der Waals surface area (Å²) in [6, 6.07) is 0. The Bertz CT molecular complexity index is 616. The summed E-state index contributed by atoms with van der Waals surface area (Å²) < 4.78 is 0. The predicted molar refractivity (Wildman–Crippen MR) is 114 cm³/mol. The zero-order chi connectivity index (χ0) is 19.4. The maximum Gasteiger partial charge on any atom is 0.0577 e. The summed E-state index contributed by atoms with van der Waals surface area (Å²) in [6.45, 7) is 12.3. The van der Waals surface area contributed by atoms with Crippen LogP contribution in [-0.2, 0) is 0 Å². The molecule has 4 aliphatic rings. The molecular formula is C26H42O. The Morgan fingerprint density at radius 1 is 1.00 bits per heavy atom. The average molecular weight is 371 g/mol. The Kier molecular flexibility index (Phi) is 5.15. The Labute approximate surface area is 167 Å². The van der Waals surface area contributed by atoms with E-state index in [9.17, 15) is 5.11 Å². The molecule has 3 fully saturated rings. The predicted octanol–water partition coefficient (Wildman–Crippen LogP) is 6.77. The van der Waals surface area contributed by atoms with Gasteiger partial charge in [0.25, 0.3) is 0 Å². The third-order valence-electron chi connectivity index (χ3n) is 9.59. The van der Waals surface area contributed by atoms with E-state index in [1.165, 1.54) is 38.5 Å². The number of allylic oxidation sites excluding steroid dienone is 3. The van der Waals surface area contributed by atoms with Crippen LogP contribution >= 0.6 is 0 Å². The lowest BCUT2D eigenvalue weighted by Gasteiger charge is -2.58. The molecule has 4 aliphatic carbocycles. The highest BCUT2D eigenvalue weighted by Gasteiger charge is 2.58. The molecule has 1 heteroatoms. The van der Waals surface area contributed by atoms with Gasteiger partial charge in [-0.15, -0.1) is 0 Å². The van der Waals surface area contributed by atoms with Crippen LogP contribution in [0, 0.1) is 46.3 Å². The van der Waals surface area contributed by atoms with Crippen molar-refractivity contribution in [2.24, 2.45) is 46.3 Å². The molecule has 27 heavy (non-hydrogen) atoms. The Hall–Kier alpha value is -0.560. The molecule has 0 radical (unpaired) electrons. The summed E-state index contributed by atoms with van der Waals surface area (Å²) in [4.78, 5) is 0. The average Bonchev–Trinajstić information content (AvgIpc) is 2.97. The molecule has 8 unspecified atom stereocenters. The largest absolute Gasteiger partial charge is 0.393 e. The first-order valence-corrected chi connectivity index (χ1v) is 11.8. The second kappa shape index (κ2) is 7.05. The van der Waals surface area contributed by atoms with Crippen LogP contribution in [0.4, 0.5) is 0 Å². The van der Waals surface area contributed by atoms with Crippen molar-refractivity contribution in [1.82, 2.24) is 0 Å². The minimum atomic E-state index is -0.0841. The minimum Gasteiger partial charge on any atom is -0.393 e. The normalized spacial score (nSPS) is 48.1. The lowest BCUT2D eigenvalue weighted by molar-refractivity contribution is -0.0540. The van der Waals surface area contributed by atoms with Crippen LogP contribution in [0.1, 0.15) is 86.0 Å². The molecule has 0 aromatic heterocycles. The van der Waals surface area contributed by atoms with E-state index in [1.54, 1.807) is 5.57 Å². The topological polar surface area (TPSA) is 20.2 Å². The summed E-state index contributed by atoms with van der Waals surface area (Å²) in [6.07, 6.45) is 17.6. The first-order chi connectivity index (χ1) is 12.8. The van der Waals surface area contributed by atoms with Crippen LogP contribution in [0.25, 0.3) is 0 Å². The molecule has 152 valence electrons. The molecule has 8 atom stereocenters. The lowest BCUT2D eigenvalue weighted by atomic mass is 9.47. The van der Waals surface area contributed by atoms with Gasteiger partial charge < -0.3 is 5.11 Å². The van der Waals surface area contributed by atoms with Crippen molar-refractivity contribution in [1.29, 1.82) is 0 Å². The molecule has 3 saturated carbocycles. The molecule has 1 N–H and O–H groups in total. The fraction of sp³-hybridized carbons (Fsp3) is 0.846. The number of aliphatic hydroxyl groups is 1. The van der Waals surface area contributed by atoms with Crippen molar-refractivity contribution in [3.8, 4) is 0 Å². The smallest absolute Gasteiger partial charge is 0.0577 e. The number of fused-ring (bicyclic) bond motifs is 5. The van der Waals surface area contributed by atoms with Gasteiger partial charge in [-0.2, -0.15) is 0 Å². The van der Waals surface area contributed by atoms with Crippen LogP contribution in [0.3, 0.4) is 0 Å². The molecule has 4 rings (SSSR count). The molecule has 0 aromatic carbocycles. The summed E-state index contributed by atoms with van der Waals surface area (Å²) in [7, 11) is 0. The van der Waals surface area contributed by atoms with Crippen molar-refractivity contribution in [3.05, 3.63) is 23.8 Å². The molecule has 0 aliphatic heterocycles. The van der Waals surface area contributed by atoms with Crippen LogP contribution in [0.5, 0.6) is 0 Å². The summed E-state index contributed by atoms with van der Waals surface area (Å²) in [5, 5.41) is 10.2. The van der Waals surface area contributed by atoms with Gasteiger partial charge in [0.1, 0.15) is 0 Å². The number of hydrogen-bond acceptors (Lipinski definition) is 1. The third kappa shape index (κ3) is 3.17. The number of rotatable bonds is 3. The quantitative estimate of drug-likeness (QED) is 0.543. The standard InChI is InChI=1S/C26H42O/c1-17(2)6-7-18(3)22-10-11-23-21-9-8-19-16-20(27)12-14-25(19,4)24(21)13-15-26(22,23)5/h6-8,17-18,20-24,27H,9-16H2,1-5H3. The Balaban J connectivity index is 1.57. The molecular weight excluding hydrogens is 328 g/mol. The van der Waals surface area contributed by atoms with E-state index in [0.717, 1.165) is 36.5 Å². The van der Waals surface area contributed by atoms with Gasteiger partial charge in [0.15, 0.2) is 0 Å². The van der Waals surface area contributed by atoms with E-state index in [1.807, 2.05) is 0 Å². The molecule has 0 saturated heterocycles. The highest BCUT2D eigenvalue weighted by molar-refractivity contribution is 5.25. The van der Waals surface area contributed by atoms with Gasteiger partial charge >= 0.3 is 0 Å². The zero-order valence-electron chi connectivity index (χ0n) is 18.4. The maximum atomic E-state index is 10.2. The van der Waals surface area contributed by atoms with Crippen molar-refractivity contribution in [2.75, 3.05) is 0 Å². The van der Waals surface area contributed by atoms with Gasteiger partial charge in [0.2, 0.25) is 0 Å². The van der Waals surface area contributed by atoms with Gasteiger partial charge in [-0.1, -0.05) is 58.4 Å². The van der Waals surface area contributed by atoms with Gasteiger partial charge in [-0.3, -0.25) is 0 Å². The molecule has 0 heterocycles. The number of hydrogen-bond donors (Lipinski definition) is 1. The summed E-state index contributed by atoms with van der Waals surface area (Å²) >= 11 is 0. The molecule has 1 nitrogen and oxygen atoms in total. The first-order valence-electron chi connectivity index (χ1n) is 11.8. The minimum absolute atomic E-state index is 0.0841. The maximum absolute atomic E-state index is 10.2. The highest BCUT2D eigenvalue weighted by atomic mass is 16.3. The van der Waals surface area contributed by atoms with Crippen molar-refractivity contribution in [2.45, 2.75) is 92.1 Å².